The molecule has 1 aliphatic rings. The molecule has 1 atom stereocenters. The topological polar surface area (TPSA) is 58.4 Å². The Kier molecular flexibility index (Phi) is 4.96. The first-order chi connectivity index (χ1) is 9.89. The molecule has 2 rings (SSSR count). The molecule has 1 aromatic carbocycles. The number of piperidine rings is 1. The van der Waals surface area contributed by atoms with Gasteiger partial charge in [-0.1, -0.05) is 19.1 Å². The van der Waals surface area contributed by atoms with Crippen LogP contribution >= 0.6 is 0 Å². The molecule has 1 aromatic rings. The van der Waals surface area contributed by atoms with Crippen LogP contribution in [-0.2, 0) is 0 Å². The standard InChI is InChI=1S/C16H25N3O2/c1-13(14-5-4-6-15(11-14)19(20)21)17-12-16(2)7-9-18(3)10-8-16/h4-6,11,13,17H,7-10,12H2,1-3H3. The van der Waals surface area contributed by atoms with E-state index in [9.17, 15) is 10.1 Å². The van der Waals surface area contributed by atoms with E-state index in [0.717, 1.165) is 25.2 Å². The lowest BCUT2D eigenvalue weighted by molar-refractivity contribution is -0.384. The molecular formula is C16H25N3O2. The monoisotopic (exact) mass is 291 g/mol. The Morgan fingerprint density at radius 2 is 2.10 bits per heavy atom. The maximum absolute atomic E-state index is 10.8. The molecule has 1 aliphatic heterocycles. The van der Waals surface area contributed by atoms with Gasteiger partial charge in [0, 0.05) is 24.7 Å². The minimum absolute atomic E-state index is 0.126. The van der Waals surface area contributed by atoms with Crippen LogP contribution in [0.4, 0.5) is 5.69 Å². The molecule has 1 unspecified atom stereocenters. The van der Waals surface area contributed by atoms with Crippen molar-refractivity contribution in [1.29, 1.82) is 0 Å². The SMILES string of the molecule is CC(NCC1(C)CCN(C)CC1)c1cccc([N+](=O)[O-])c1. The molecule has 21 heavy (non-hydrogen) atoms. The summed E-state index contributed by atoms with van der Waals surface area (Å²) in [7, 11) is 2.17. The third-order valence-corrected chi connectivity index (χ3v) is 4.61. The van der Waals surface area contributed by atoms with Crippen LogP contribution in [-0.4, -0.2) is 36.5 Å². The number of nitrogens with one attached hydrogen (secondary N) is 1. The molecule has 0 bridgehead atoms. The minimum atomic E-state index is -0.339. The summed E-state index contributed by atoms with van der Waals surface area (Å²) in [6.07, 6.45) is 2.39. The zero-order valence-electron chi connectivity index (χ0n) is 13.1. The third-order valence-electron chi connectivity index (χ3n) is 4.61. The summed E-state index contributed by atoms with van der Waals surface area (Å²) in [4.78, 5) is 12.9. The average Bonchev–Trinajstić information content (AvgIpc) is 2.48. The Balaban J connectivity index is 1.94. The van der Waals surface area contributed by atoms with E-state index in [1.54, 1.807) is 12.1 Å². The van der Waals surface area contributed by atoms with Gasteiger partial charge in [-0.25, -0.2) is 0 Å². The second kappa shape index (κ2) is 6.54. The zero-order valence-corrected chi connectivity index (χ0v) is 13.1. The zero-order chi connectivity index (χ0) is 15.5. The van der Waals surface area contributed by atoms with Gasteiger partial charge in [-0.3, -0.25) is 10.1 Å². The molecule has 0 aromatic heterocycles. The Morgan fingerprint density at radius 3 is 2.71 bits per heavy atom. The lowest BCUT2D eigenvalue weighted by Crippen LogP contribution is -2.42. The Morgan fingerprint density at radius 1 is 1.43 bits per heavy atom. The van der Waals surface area contributed by atoms with Gasteiger partial charge in [-0.2, -0.15) is 0 Å². The van der Waals surface area contributed by atoms with Crippen molar-refractivity contribution in [3.63, 3.8) is 0 Å². The highest BCUT2D eigenvalue weighted by atomic mass is 16.6. The van der Waals surface area contributed by atoms with Crippen LogP contribution in [0.5, 0.6) is 0 Å². The predicted molar refractivity (Wildman–Crippen MR) is 84.4 cm³/mol. The van der Waals surface area contributed by atoms with Gasteiger partial charge in [0.1, 0.15) is 0 Å². The number of benzene rings is 1. The fraction of sp³-hybridized carbons (Fsp3) is 0.625. The first-order valence-electron chi connectivity index (χ1n) is 7.56. The summed E-state index contributed by atoms with van der Waals surface area (Å²) in [6, 6.07) is 7.02. The number of nitro groups is 1. The van der Waals surface area contributed by atoms with Gasteiger partial charge in [-0.15, -0.1) is 0 Å². The molecule has 0 saturated carbocycles. The molecule has 0 radical (unpaired) electrons. The number of hydrogen-bond donors (Lipinski definition) is 1. The van der Waals surface area contributed by atoms with E-state index in [0.29, 0.717) is 5.41 Å². The van der Waals surface area contributed by atoms with Crippen LogP contribution in [0.2, 0.25) is 0 Å². The fourth-order valence-electron chi connectivity index (χ4n) is 2.76. The molecule has 1 fully saturated rings. The lowest BCUT2D eigenvalue weighted by Gasteiger charge is -2.38. The highest BCUT2D eigenvalue weighted by Gasteiger charge is 2.29. The van der Waals surface area contributed by atoms with Crippen molar-refractivity contribution >= 4 is 5.69 Å². The highest BCUT2D eigenvalue weighted by molar-refractivity contribution is 5.35. The normalized spacial score (nSPS) is 20.1. The highest BCUT2D eigenvalue weighted by Crippen LogP contribution is 2.30. The Hall–Kier alpha value is -1.46. The van der Waals surface area contributed by atoms with Crippen LogP contribution in [0.25, 0.3) is 0 Å². The van der Waals surface area contributed by atoms with Gasteiger partial charge in [0.05, 0.1) is 4.92 Å². The van der Waals surface area contributed by atoms with Crippen molar-refractivity contribution in [1.82, 2.24) is 10.2 Å². The Labute approximate surface area is 126 Å². The summed E-state index contributed by atoms with van der Waals surface area (Å²) in [5.74, 6) is 0. The molecule has 1 heterocycles. The van der Waals surface area contributed by atoms with E-state index < -0.39 is 0 Å². The van der Waals surface area contributed by atoms with E-state index in [4.69, 9.17) is 0 Å². The number of nitrogens with zero attached hydrogens (tertiary/aromatic N) is 2. The van der Waals surface area contributed by atoms with Crippen LogP contribution in [0, 0.1) is 15.5 Å². The molecule has 1 N–H and O–H groups in total. The van der Waals surface area contributed by atoms with Gasteiger partial charge in [0.25, 0.3) is 5.69 Å². The largest absolute Gasteiger partial charge is 0.310 e. The molecule has 0 aliphatic carbocycles. The van der Waals surface area contributed by atoms with Crippen molar-refractivity contribution in [2.75, 3.05) is 26.7 Å². The summed E-state index contributed by atoms with van der Waals surface area (Å²) < 4.78 is 0. The molecule has 0 spiro atoms. The number of nitro benzene ring substituents is 1. The van der Waals surface area contributed by atoms with Crippen LogP contribution in [0.3, 0.4) is 0 Å². The molecule has 1 saturated heterocycles. The molecule has 0 amide bonds. The van der Waals surface area contributed by atoms with E-state index in [1.165, 1.54) is 18.9 Å². The first kappa shape index (κ1) is 15.9. The maximum Gasteiger partial charge on any atom is 0.269 e. The third kappa shape index (κ3) is 4.25. The summed E-state index contributed by atoms with van der Waals surface area (Å²) >= 11 is 0. The first-order valence-corrected chi connectivity index (χ1v) is 7.56. The van der Waals surface area contributed by atoms with Crippen LogP contribution < -0.4 is 5.32 Å². The van der Waals surface area contributed by atoms with E-state index in [1.807, 2.05) is 6.07 Å². The number of likely N-dealkylation sites (tertiary alicyclic amines) is 1. The van der Waals surface area contributed by atoms with Crippen molar-refractivity contribution in [3.8, 4) is 0 Å². The molecule has 5 nitrogen and oxygen atoms in total. The number of rotatable bonds is 5. The van der Waals surface area contributed by atoms with E-state index in [2.05, 4.69) is 31.1 Å². The number of non-ortho nitro benzene ring substituents is 1. The molecular weight excluding hydrogens is 266 g/mol. The van der Waals surface area contributed by atoms with Gasteiger partial charge in [-0.05, 0) is 50.9 Å². The van der Waals surface area contributed by atoms with Crippen LogP contribution in [0.1, 0.15) is 38.3 Å². The summed E-state index contributed by atoms with van der Waals surface area (Å²) in [5, 5.41) is 14.4. The smallest absolute Gasteiger partial charge is 0.269 e. The van der Waals surface area contributed by atoms with E-state index in [-0.39, 0.29) is 16.7 Å². The minimum Gasteiger partial charge on any atom is -0.310 e. The second-order valence-corrected chi connectivity index (χ2v) is 6.57. The van der Waals surface area contributed by atoms with Crippen molar-refractivity contribution < 1.29 is 4.92 Å². The predicted octanol–water partition coefficient (Wildman–Crippen LogP) is 2.98. The fourth-order valence-corrected chi connectivity index (χ4v) is 2.76. The van der Waals surface area contributed by atoms with Crippen molar-refractivity contribution in [2.24, 2.45) is 5.41 Å². The van der Waals surface area contributed by atoms with Crippen LogP contribution in [0.15, 0.2) is 24.3 Å². The molecule has 116 valence electrons. The van der Waals surface area contributed by atoms with Gasteiger partial charge >= 0.3 is 0 Å². The quantitative estimate of drug-likeness (QED) is 0.669. The van der Waals surface area contributed by atoms with E-state index >= 15 is 0 Å². The maximum atomic E-state index is 10.8. The van der Waals surface area contributed by atoms with Gasteiger partial charge in [0.2, 0.25) is 0 Å². The summed E-state index contributed by atoms with van der Waals surface area (Å²) in [5.41, 5.74) is 1.45. The van der Waals surface area contributed by atoms with Gasteiger partial charge in [0.15, 0.2) is 0 Å². The lowest BCUT2D eigenvalue weighted by atomic mass is 9.80. The second-order valence-electron chi connectivity index (χ2n) is 6.57. The van der Waals surface area contributed by atoms with Crippen molar-refractivity contribution in [3.05, 3.63) is 39.9 Å². The number of hydrogen-bond acceptors (Lipinski definition) is 4. The summed E-state index contributed by atoms with van der Waals surface area (Å²) in [6.45, 7) is 7.63. The van der Waals surface area contributed by atoms with Crippen molar-refractivity contribution in [2.45, 2.75) is 32.7 Å². The Bertz CT molecular complexity index is 496. The van der Waals surface area contributed by atoms with Gasteiger partial charge < -0.3 is 10.2 Å². The molecule has 5 heteroatoms. The average molecular weight is 291 g/mol.